The van der Waals surface area contributed by atoms with Gasteiger partial charge in [0.05, 0.1) is 0 Å². The highest BCUT2D eigenvalue weighted by molar-refractivity contribution is 5.79. The number of nitrogens with zero attached hydrogens (tertiary/aromatic N) is 2. The second-order valence-corrected chi connectivity index (χ2v) is 5.43. The maximum absolute atomic E-state index is 11.5. The van der Waals surface area contributed by atoms with Crippen molar-refractivity contribution in [1.29, 1.82) is 0 Å². The number of hydrogen-bond acceptors (Lipinski definition) is 3. The molecule has 22 heavy (non-hydrogen) atoms. The third-order valence-electron chi connectivity index (χ3n) is 3.58. The van der Waals surface area contributed by atoms with E-state index in [0.29, 0.717) is 5.91 Å². The molecule has 1 aliphatic heterocycles. The van der Waals surface area contributed by atoms with Crippen LogP contribution in [0.4, 0.5) is 0 Å². The molecule has 0 spiro atoms. The number of ether oxygens (including phenoxy) is 1. The van der Waals surface area contributed by atoms with E-state index in [1.807, 2.05) is 11.8 Å². The molecule has 6 heteroatoms. The second kappa shape index (κ2) is 12.3. The summed E-state index contributed by atoms with van der Waals surface area (Å²) in [6.45, 7) is 9.96. The van der Waals surface area contributed by atoms with Crippen molar-refractivity contribution in [3.05, 3.63) is 0 Å². The zero-order valence-electron chi connectivity index (χ0n) is 14.2. The van der Waals surface area contributed by atoms with E-state index in [1.165, 1.54) is 0 Å². The van der Waals surface area contributed by atoms with Gasteiger partial charge in [0, 0.05) is 52.4 Å². The van der Waals surface area contributed by atoms with Crippen LogP contribution < -0.4 is 10.6 Å². The lowest BCUT2D eigenvalue weighted by molar-refractivity contribution is -0.127. The summed E-state index contributed by atoms with van der Waals surface area (Å²) in [7, 11) is 0. The topological polar surface area (TPSA) is 66.0 Å². The van der Waals surface area contributed by atoms with Crippen LogP contribution in [-0.2, 0) is 9.53 Å². The van der Waals surface area contributed by atoms with Gasteiger partial charge in [-0.1, -0.05) is 0 Å². The highest BCUT2D eigenvalue weighted by atomic mass is 16.5. The molecule has 1 amide bonds. The molecule has 1 heterocycles. The summed E-state index contributed by atoms with van der Waals surface area (Å²) in [4.78, 5) is 18.0. The lowest BCUT2D eigenvalue weighted by Crippen LogP contribution is -2.38. The number of rotatable bonds is 11. The number of nitrogens with one attached hydrogen (secondary N) is 2. The maximum atomic E-state index is 11.5. The van der Waals surface area contributed by atoms with Gasteiger partial charge in [0.25, 0.3) is 0 Å². The number of hydrogen-bond donors (Lipinski definition) is 2. The number of carbonyl (C=O) groups is 1. The second-order valence-electron chi connectivity index (χ2n) is 5.43. The van der Waals surface area contributed by atoms with Gasteiger partial charge < -0.3 is 20.3 Å². The van der Waals surface area contributed by atoms with Crippen LogP contribution in [0.2, 0.25) is 0 Å². The van der Waals surface area contributed by atoms with E-state index in [-0.39, 0.29) is 0 Å². The van der Waals surface area contributed by atoms with Crippen molar-refractivity contribution in [2.45, 2.75) is 46.0 Å². The van der Waals surface area contributed by atoms with Crippen molar-refractivity contribution in [1.82, 2.24) is 15.5 Å². The minimum Gasteiger partial charge on any atom is -0.382 e. The quantitative estimate of drug-likeness (QED) is 0.343. The fourth-order valence-electron chi connectivity index (χ4n) is 2.41. The molecule has 1 fully saturated rings. The Balaban J connectivity index is 2.13. The minimum absolute atomic E-state index is 0.295. The van der Waals surface area contributed by atoms with E-state index in [4.69, 9.17) is 4.74 Å². The minimum atomic E-state index is 0.295. The number of aliphatic imine (C=N–C) groups is 1. The molecule has 1 aliphatic rings. The van der Waals surface area contributed by atoms with Gasteiger partial charge in [-0.2, -0.15) is 0 Å². The molecule has 0 radical (unpaired) electrons. The SMILES string of the molecule is CCNC(=NCCCN1CCCC1=O)NCCCCOCC. The summed E-state index contributed by atoms with van der Waals surface area (Å²) < 4.78 is 5.32. The third-order valence-corrected chi connectivity index (χ3v) is 3.58. The first-order chi connectivity index (χ1) is 10.8. The summed E-state index contributed by atoms with van der Waals surface area (Å²) in [5.74, 6) is 1.16. The molecule has 1 rings (SSSR count). The predicted molar refractivity (Wildman–Crippen MR) is 90.1 cm³/mol. The Kier molecular flexibility index (Phi) is 10.5. The summed E-state index contributed by atoms with van der Waals surface area (Å²) in [5.41, 5.74) is 0. The lowest BCUT2D eigenvalue weighted by atomic mass is 10.3. The van der Waals surface area contributed by atoms with Crippen LogP contribution in [-0.4, -0.2) is 62.7 Å². The zero-order valence-corrected chi connectivity index (χ0v) is 14.2. The average Bonchev–Trinajstić information content (AvgIpc) is 2.92. The number of guanidine groups is 1. The van der Waals surface area contributed by atoms with Crippen LogP contribution in [0.5, 0.6) is 0 Å². The Bertz CT molecular complexity index is 334. The molecule has 0 saturated carbocycles. The first kappa shape index (κ1) is 18.7. The molecular formula is C16H32N4O2. The van der Waals surface area contributed by atoms with Gasteiger partial charge >= 0.3 is 0 Å². The molecule has 0 aromatic rings. The van der Waals surface area contributed by atoms with E-state index in [2.05, 4.69) is 22.5 Å². The predicted octanol–water partition coefficient (Wildman–Crippen LogP) is 1.37. The Morgan fingerprint density at radius 1 is 1.27 bits per heavy atom. The van der Waals surface area contributed by atoms with E-state index >= 15 is 0 Å². The molecule has 0 unspecified atom stereocenters. The van der Waals surface area contributed by atoms with Crippen LogP contribution in [0.1, 0.15) is 46.0 Å². The van der Waals surface area contributed by atoms with Gasteiger partial charge in [-0.15, -0.1) is 0 Å². The Labute approximate surface area is 134 Å². The van der Waals surface area contributed by atoms with Crippen LogP contribution in [0.25, 0.3) is 0 Å². The van der Waals surface area contributed by atoms with E-state index < -0.39 is 0 Å². The van der Waals surface area contributed by atoms with Crippen LogP contribution in [0.3, 0.4) is 0 Å². The van der Waals surface area contributed by atoms with Crippen LogP contribution >= 0.6 is 0 Å². The lowest BCUT2D eigenvalue weighted by Gasteiger charge is -2.15. The van der Waals surface area contributed by atoms with Crippen molar-refractivity contribution in [2.75, 3.05) is 45.9 Å². The first-order valence-corrected chi connectivity index (χ1v) is 8.65. The van der Waals surface area contributed by atoms with Gasteiger partial charge in [-0.05, 0) is 39.5 Å². The number of carbonyl (C=O) groups excluding carboxylic acids is 1. The van der Waals surface area contributed by atoms with Gasteiger partial charge in [0.2, 0.25) is 5.91 Å². The fraction of sp³-hybridized carbons (Fsp3) is 0.875. The summed E-state index contributed by atoms with van der Waals surface area (Å²) in [6.07, 6.45) is 4.79. The molecule has 6 nitrogen and oxygen atoms in total. The molecule has 0 bridgehead atoms. The standard InChI is InChI=1S/C16H32N4O2/c1-3-17-16(18-10-5-6-14-22-4-2)19-11-8-13-20-12-7-9-15(20)21/h3-14H2,1-2H3,(H2,17,18,19). The molecule has 0 aliphatic carbocycles. The molecule has 128 valence electrons. The Hall–Kier alpha value is -1.30. The summed E-state index contributed by atoms with van der Waals surface area (Å²) in [6, 6.07) is 0. The Morgan fingerprint density at radius 2 is 2.14 bits per heavy atom. The molecule has 0 aromatic heterocycles. The fourth-order valence-corrected chi connectivity index (χ4v) is 2.41. The normalized spacial score (nSPS) is 15.5. The highest BCUT2D eigenvalue weighted by Gasteiger charge is 2.18. The van der Waals surface area contributed by atoms with Crippen molar-refractivity contribution < 1.29 is 9.53 Å². The highest BCUT2D eigenvalue weighted by Crippen LogP contribution is 2.09. The van der Waals surface area contributed by atoms with Gasteiger partial charge in [-0.25, -0.2) is 0 Å². The van der Waals surface area contributed by atoms with Crippen molar-refractivity contribution in [2.24, 2.45) is 4.99 Å². The van der Waals surface area contributed by atoms with E-state index in [0.717, 1.165) is 84.0 Å². The van der Waals surface area contributed by atoms with Crippen LogP contribution in [0.15, 0.2) is 4.99 Å². The molecule has 0 aromatic carbocycles. The van der Waals surface area contributed by atoms with Crippen molar-refractivity contribution in [3.8, 4) is 0 Å². The van der Waals surface area contributed by atoms with E-state index in [1.54, 1.807) is 0 Å². The monoisotopic (exact) mass is 312 g/mol. The van der Waals surface area contributed by atoms with Crippen LogP contribution in [0, 0.1) is 0 Å². The third kappa shape index (κ3) is 8.22. The summed E-state index contributed by atoms with van der Waals surface area (Å²) >= 11 is 0. The smallest absolute Gasteiger partial charge is 0.222 e. The first-order valence-electron chi connectivity index (χ1n) is 8.65. The average molecular weight is 312 g/mol. The van der Waals surface area contributed by atoms with Gasteiger partial charge in [0.1, 0.15) is 0 Å². The largest absolute Gasteiger partial charge is 0.382 e. The number of unbranched alkanes of at least 4 members (excludes halogenated alkanes) is 1. The van der Waals surface area contributed by atoms with Gasteiger partial charge in [0.15, 0.2) is 5.96 Å². The number of likely N-dealkylation sites (tertiary alicyclic amines) is 1. The molecule has 0 atom stereocenters. The maximum Gasteiger partial charge on any atom is 0.222 e. The van der Waals surface area contributed by atoms with Crippen molar-refractivity contribution in [3.63, 3.8) is 0 Å². The number of amides is 1. The van der Waals surface area contributed by atoms with Crippen molar-refractivity contribution >= 4 is 11.9 Å². The van der Waals surface area contributed by atoms with Gasteiger partial charge in [-0.3, -0.25) is 9.79 Å². The van der Waals surface area contributed by atoms with E-state index in [9.17, 15) is 4.79 Å². The molecule has 1 saturated heterocycles. The summed E-state index contributed by atoms with van der Waals surface area (Å²) in [5, 5.41) is 6.59. The molecule has 2 N–H and O–H groups in total. The zero-order chi connectivity index (χ0) is 16.0. The molecular weight excluding hydrogens is 280 g/mol. The Morgan fingerprint density at radius 3 is 2.82 bits per heavy atom.